The summed E-state index contributed by atoms with van der Waals surface area (Å²) in [5.74, 6) is 0.0282. The summed E-state index contributed by atoms with van der Waals surface area (Å²) >= 11 is 0. The lowest BCUT2D eigenvalue weighted by atomic mass is 9.70. The molecule has 0 heterocycles. The summed E-state index contributed by atoms with van der Waals surface area (Å²) in [5.41, 5.74) is -0.432. The summed E-state index contributed by atoms with van der Waals surface area (Å²) < 4.78 is 0. The van der Waals surface area contributed by atoms with E-state index >= 15 is 0 Å². The van der Waals surface area contributed by atoms with E-state index in [1.54, 1.807) is 0 Å². The molecule has 70 valence electrons. The number of carboxylic acid groups (broad SMARTS) is 1. The van der Waals surface area contributed by atoms with Crippen molar-refractivity contribution in [3.05, 3.63) is 0 Å². The van der Waals surface area contributed by atoms with Crippen LogP contribution in [-0.4, -0.2) is 11.1 Å². The first-order valence-electron chi connectivity index (χ1n) is 4.82. The Morgan fingerprint density at radius 3 is 2.83 bits per heavy atom. The van der Waals surface area contributed by atoms with Crippen LogP contribution in [0.3, 0.4) is 0 Å². The van der Waals surface area contributed by atoms with Crippen LogP contribution in [-0.2, 0) is 4.79 Å². The molecule has 1 fully saturated rings. The van der Waals surface area contributed by atoms with E-state index in [4.69, 9.17) is 5.11 Å². The maximum Gasteiger partial charge on any atom is 0.309 e. The largest absolute Gasteiger partial charge is 0.481 e. The van der Waals surface area contributed by atoms with Crippen molar-refractivity contribution in [1.29, 1.82) is 0 Å². The molecule has 2 heteroatoms. The van der Waals surface area contributed by atoms with Crippen LogP contribution in [0, 0.1) is 11.3 Å². The zero-order chi connectivity index (χ0) is 9.19. The summed E-state index contributed by atoms with van der Waals surface area (Å²) in [5, 5.41) is 9.01. The lowest BCUT2D eigenvalue weighted by Gasteiger charge is -2.34. The molecule has 0 amide bonds. The molecular weight excluding hydrogens is 152 g/mol. The number of rotatable bonds is 2. The van der Waals surface area contributed by atoms with Crippen LogP contribution in [0.1, 0.15) is 46.0 Å². The van der Waals surface area contributed by atoms with Gasteiger partial charge in [0.1, 0.15) is 0 Å². The standard InChI is InChI=1S/C10H18O2/c1-3-8-5-4-6-10(2,7-8)9(11)12/h8H,3-7H2,1-2H3,(H,11,12). The highest BCUT2D eigenvalue weighted by molar-refractivity contribution is 5.74. The van der Waals surface area contributed by atoms with Gasteiger partial charge in [-0.2, -0.15) is 0 Å². The maximum absolute atomic E-state index is 10.9. The summed E-state index contributed by atoms with van der Waals surface area (Å²) in [4.78, 5) is 10.9. The van der Waals surface area contributed by atoms with Gasteiger partial charge in [0, 0.05) is 0 Å². The first-order valence-corrected chi connectivity index (χ1v) is 4.82. The maximum atomic E-state index is 10.9. The third-order valence-electron chi connectivity index (χ3n) is 3.17. The van der Waals surface area contributed by atoms with Crippen molar-refractivity contribution in [1.82, 2.24) is 0 Å². The van der Waals surface area contributed by atoms with Gasteiger partial charge in [-0.3, -0.25) is 4.79 Å². The topological polar surface area (TPSA) is 37.3 Å². The molecule has 0 bridgehead atoms. The quantitative estimate of drug-likeness (QED) is 0.691. The van der Waals surface area contributed by atoms with Gasteiger partial charge in [-0.25, -0.2) is 0 Å². The van der Waals surface area contributed by atoms with Gasteiger partial charge in [-0.05, 0) is 25.7 Å². The SMILES string of the molecule is CCC1CCCC(C)(C(=O)O)C1. The van der Waals surface area contributed by atoms with E-state index in [0.29, 0.717) is 5.92 Å². The van der Waals surface area contributed by atoms with E-state index in [9.17, 15) is 4.79 Å². The Kier molecular flexibility index (Phi) is 2.76. The molecule has 0 spiro atoms. The zero-order valence-corrected chi connectivity index (χ0v) is 7.97. The Labute approximate surface area is 74.0 Å². The predicted molar refractivity (Wildman–Crippen MR) is 48.0 cm³/mol. The minimum Gasteiger partial charge on any atom is -0.481 e. The van der Waals surface area contributed by atoms with Gasteiger partial charge in [0.05, 0.1) is 5.41 Å². The Balaban J connectivity index is 2.61. The molecule has 2 unspecified atom stereocenters. The van der Waals surface area contributed by atoms with Crippen LogP contribution in [0.5, 0.6) is 0 Å². The molecule has 0 aromatic rings. The van der Waals surface area contributed by atoms with Gasteiger partial charge in [0.2, 0.25) is 0 Å². The van der Waals surface area contributed by atoms with Gasteiger partial charge in [-0.15, -0.1) is 0 Å². The lowest BCUT2D eigenvalue weighted by Crippen LogP contribution is -2.33. The molecule has 1 saturated carbocycles. The molecule has 12 heavy (non-hydrogen) atoms. The molecule has 1 N–H and O–H groups in total. The minimum atomic E-state index is -0.611. The van der Waals surface area contributed by atoms with Crippen LogP contribution in [0.2, 0.25) is 0 Å². The van der Waals surface area contributed by atoms with E-state index in [1.807, 2.05) is 6.92 Å². The number of hydrogen-bond acceptors (Lipinski definition) is 1. The molecule has 0 radical (unpaired) electrons. The summed E-state index contributed by atoms with van der Waals surface area (Å²) in [6.07, 6.45) is 5.17. The molecule has 1 rings (SSSR count). The fourth-order valence-corrected chi connectivity index (χ4v) is 2.16. The van der Waals surface area contributed by atoms with Gasteiger partial charge in [-0.1, -0.05) is 26.2 Å². The van der Waals surface area contributed by atoms with Crippen LogP contribution in [0.15, 0.2) is 0 Å². The zero-order valence-electron chi connectivity index (χ0n) is 7.97. The van der Waals surface area contributed by atoms with Gasteiger partial charge >= 0.3 is 5.97 Å². The number of carboxylic acids is 1. The summed E-state index contributed by atoms with van der Waals surface area (Å²) in [6.45, 7) is 4.04. The first kappa shape index (κ1) is 9.56. The van der Waals surface area contributed by atoms with Crippen LogP contribution < -0.4 is 0 Å². The minimum absolute atomic E-state index is 0.432. The van der Waals surface area contributed by atoms with E-state index in [-0.39, 0.29) is 0 Å². The van der Waals surface area contributed by atoms with Crippen LogP contribution >= 0.6 is 0 Å². The number of aliphatic carboxylic acids is 1. The number of hydrogen-bond donors (Lipinski definition) is 1. The highest BCUT2D eigenvalue weighted by atomic mass is 16.4. The van der Waals surface area contributed by atoms with E-state index < -0.39 is 11.4 Å². The van der Waals surface area contributed by atoms with Gasteiger partial charge in [0.15, 0.2) is 0 Å². The van der Waals surface area contributed by atoms with Gasteiger partial charge < -0.3 is 5.11 Å². The van der Waals surface area contributed by atoms with Crippen molar-refractivity contribution in [2.45, 2.75) is 46.0 Å². The molecule has 2 atom stereocenters. The second-order valence-electron chi connectivity index (χ2n) is 4.24. The normalized spacial score (nSPS) is 36.3. The average molecular weight is 170 g/mol. The molecular formula is C10H18O2. The van der Waals surface area contributed by atoms with Crippen molar-refractivity contribution >= 4 is 5.97 Å². The van der Waals surface area contributed by atoms with E-state index in [1.165, 1.54) is 6.42 Å². The fraction of sp³-hybridized carbons (Fsp3) is 0.900. The Hall–Kier alpha value is -0.530. The van der Waals surface area contributed by atoms with Crippen molar-refractivity contribution in [3.8, 4) is 0 Å². The predicted octanol–water partition coefficient (Wildman–Crippen LogP) is 2.68. The smallest absolute Gasteiger partial charge is 0.309 e. The molecule has 0 saturated heterocycles. The van der Waals surface area contributed by atoms with E-state index in [2.05, 4.69) is 6.92 Å². The third kappa shape index (κ3) is 1.79. The summed E-state index contributed by atoms with van der Waals surface area (Å²) in [6, 6.07) is 0. The molecule has 0 aliphatic heterocycles. The molecule has 0 aromatic heterocycles. The highest BCUT2D eigenvalue weighted by Crippen LogP contribution is 2.40. The Bertz CT molecular complexity index is 177. The first-order chi connectivity index (χ1) is 5.58. The fourth-order valence-electron chi connectivity index (χ4n) is 2.16. The van der Waals surface area contributed by atoms with Crippen molar-refractivity contribution in [2.24, 2.45) is 11.3 Å². The van der Waals surface area contributed by atoms with Gasteiger partial charge in [0.25, 0.3) is 0 Å². The van der Waals surface area contributed by atoms with Crippen LogP contribution in [0.25, 0.3) is 0 Å². The third-order valence-corrected chi connectivity index (χ3v) is 3.17. The molecule has 2 nitrogen and oxygen atoms in total. The lowest BCUT2D eigenvalue weighted by molar-refractivity contribution is -0.150. The Morgan fingerprint density at radius 1 is 1.67 bits per heavy atom. The monoisotopic (exact) mass is 170 g/mol. The van der Waals surface area contributed by atoms with Crippen molar-refractivity contribution in [2.75, 3.05) is 0 Å². The second-order valence-corrected chi connectivity index (χ2v) is 4.24. The van der Waals surface area contributed by atoms with Crippen molar-refractivity contribution < 1.29 is 9.90 Å². The summed E-state index contributed by atoms with van der Waals surface area (Å²) in [7, 11) is 0. The highest BCUT2D eigenvalue weighted by Gasteiger charge is 2.37. The van der Waals surface area contributed by atoms with Crippen LogP contribution in [0.4, 0.5) is 0 Å². The molecule has 1 aliphatic rings. The number of carbonyl (C=O) groups is 1. The van der Waals surface area contributed by atoms with E-state index in [0.717, 1.165) is 25.7 Å². The molecule has 1 aliphatic carbocycles. The average Bonchev–Trinajstić information content (AvgIpc) is 2.04. The Morgan fingerprint density at radius 2 is 2.33 bits per heavy atom. The molecule has 0 aromatic carbocycles. The van der Waals surface area contributed by atoms with Crippen molar-refractivity contribution in [3.63, 3.8) is 0 Å². The second kappa shape index (κ2) is 3.46.